The van der Waals surface area contributed by atoms with Crippen molar-refractivity contribution in [3.05, 3.63) is 30.1 Å². The Bertz CT molecular complexity index is 323. The maximum atomic E-state index is 12.9. The largest absolute Gasteiger partial charge is 0.369 e. The van der Waals surface area contributed by atoms with Crippen LogP contribution in [0.5, 0.6) is 0 Å². The van der Waals surface area contributed by atoms with Gasteiger partial charge in [-0.25, -0.2) is 4.39 Å². The lowest BCUT2D eigenvalue weighted by atomic mass is 10.1. The van der Waals surface area contributed by atoms with Gasteiger partial charge in [0.25, 0.3) is 0 Å². The van der Waals surface area contributed by atoms with Crippen molar-refractivity contribution >= 4 is 5.69 Å². The summed E-state index contributed by atoms with van der Waals surface area (Å²) in [5, 5.41) is 3.41. The molecule has 2 nitrogen and oxygen atoms in total. The van der Waals surface area contributed by atoms with Gasteiger partial charge in [0.05, 0.1) is 0 Å². The number of rotatable bonds is 1. The van der Waals surface area contributed by atoms with Crippen LogP contribution in [-0.4, -0.2) is 25.7 Å². The minimum atomic E-state index is -0.162. The van der Waals surface area contributed by atoms with E-state index < -0.39 is 0 Å². The number of hydrogen-bond donors (Lipinski definition) is 1. The monoisotopic (exact) mass is 222 g/mol. The second-order valence-electron chi connectivity index (χ2n) is 4.41. The molecule has 0 radical (unpaired) electrons. The highest BCUT2D eigenvalue weighted by Gasteiger charge is 2.15. The molecular formula is C13H19FN2. The molecule has 1 saturated heterocycles. The Kier molecular flexibility index (Phi) is 3.78. The third-order valence-electron chi connectivity index (χ3n) is 3.18. The number of nitrogens with one attached hydrogen (secondary N) is 1. The first-order valence-electron chi connectivity index (χ1n) is 6.00. The average molecular weight is 222 g/mol. The van der Waals surface area contributed by atoms with Gasteiger partial charge in [-0.05, 0) is 57.1 Å². The molecule has 1 aliphatic rings. The number of nitrogens with zero attached hydrogens (tertiary/aromatic N) is 1. The van der Waals surface area contributed by atoms with Crippen LogP contribution in [0.25, 0.3) is 0 Å². The predicted octanol–water partition coefficient (Wildman–Crippen LogP) is 2.40. The van der Waals surface area contributed by atoms with E-state index in [0.717, 1.165) is 38.2 Å². The molecule has 0 amide bonds. The van der Waals surface area contributed by atoms with Gasteiger partial charge in [0.2, 0.25) is 0 Å². The van der Waals surface area contributed by atoms with Gasteiger partial charge in [-0.3, -0.25) is 0 Å². The molecule has 1 aromatic rings. The third-order valence-corrected chi connectivity index (χ3v) is 3.18. The topological polar surface area (TPSA) is 15.3 Å². The summed E-state index contributed by atoms with van der Waals surface area (Å²) in [6.45, 7) is 5.42. The van der Waals surface area contributed by atoms with Crippen molar-refractivity contribution in [1.29, 1.82) is 0 Å². The van der Waals surface area contributed by atoms with Crippen molar-refractivity contribution < 1.29 is 4.39 Å². The minimum absolute atomic E-state index is 0.162. The Balaban J connectivity index is 2.12. The van der Waals surface area contributed by atoms with Crippen molar-refractivity contribution in [3.8, 4) is 0 Å². The summed E-state index contributed by atoms with van der Waals surface area (Å²) in [6.07, 6.45) is 2.28. The number of benzene rings is 1. The molecule has 88 valence electrons. The van der Waals surface area contributed by atoms with Crippen molar-refractivity contribution in [3.63, 3.8) is 0 Å². The van der Waals surface area contributed by atoms with Gasteiger partial charge < -0.3 is 10.2 Å². The van der Waals surface area contributed by atoms with Gasteiger partial charge in [-0.2, -0.15) is 0 Å². The van der Waals surface area contributed by atoms with Crippen LogP contribution in [0.1, 0.15) is 19.8 Å². The van der Waals surface area contributed by atoms with Crippen LogP contribution < -0.4 is 10.2 Å². The van der Waals surface area contributed by atoms with Gasteiger partial charge in [-0.15, -0.1) is 0 Å². The van der Waals surface area contributed by atoms with Gasteiger partial charge >= 0.3 is 0 Å². The summed E-state index contributed by atoms with van der Waals surface area (Å²) < 4.78 is 12.9. The van der Waals surface area contributed by atoms with Crippen LogP contribution in [0, 0.1) is 5.82 Å². The lowest BCUT2D eigenvalue weighted by molar-refractivity contribution is 0.499. The summed E-state index contributed by atoms with van der Waals surface area (Å²) in [7, 11) is 0. The first-order valence-corrected chi connectivity index (χ1v) is 6.00. The average Bonchev–Trinajstić information content (AvgIpc) is 2.26. The molecule has 1 atom stereocenters. The summed E-state index contributed by atoms with van der Waals surface area (Å²) in [6, 6.07) is 7.35. The second-order valence-corrected chi connectivity index (χ2v) is 4.41. The molecule has 0 spiro atoms. The number of hydrogen-bond acceptors (Lipinski definition) is 2. The molecule has 1 N–H and O–H groups in total. The molecule has 16 heavy (non-hydrogen) atoms. The zero-order valence-electron chi connectivity index (χ0n) is 9.75. The SMILES string of the molecule is CC1CCNCCCN1c1ccc(F)cc1. The molecule has 0 aliphatic carbocycles. The fourth-order valence-electron chi connectivity index (χ4n) is 2.20. The Morgan fingerprint density at radius 2 is 2.00 bits per heavy atom. The quantitative estimate of drug-likeness (QED) is 0.785. The number of halogens is 1. The zero-order chi connectivity index (χ0) is 11.4. The molecule has 1 fully saturated rings. The predicted molar refractivity (Wildman–Crippen MR) is 65.3 cm³/mol. The van der Waals surface area contributed by atoms with Crippen LogP contribution in [-0.2, 0) is 0 Å². The zero-order valence-corrected chi connectivity index (χ0v) is 9.75. The number of anilines is 1. The van der Waals surface area contributed by atoms with E-state index in [-0.39, 0.29) is 5.82 Å². The van der Waals surface area contributed by atoms with E-state index in [1.54, 1.807) is 12.1 Å². The summed E-state index contributed by atoms with van der Waals surface area (Å²) in [5.74, 6) is -0.162. The van der Waals surface area contributed by atoms with E-state index in [1.807, 2.05) is 12.1 Å². The molecule has 0 saturated carbocycles. The molecule has 1 heterocycles. The fraction of sp³-hybridized carbons (Fsp3) is 0.538. The minimum Gasteiger partial charge on any atom is -0.369 e. The molecule has 2 rings (SSSR count). The Morgan fingerprint density at radius 1 is 1.25 bits per heavy atom. The normalized spacial score (nSPS) is 22.6. The van der Waals surface area contributed by atoms with Crippen molar-refractivity contribution in [1.82, 2.24) is 5.32 Å². The van der Waals surface area contributed by atoms with Crippen molar-refractivity contribution in [2.45, 2.75) is 25.8 Å². The van der Waals surface area contributed by atoms with Gasteiger partial charge in [-0.1, -0.05) is 0 Å². The highest BCUT2D eigenvalue weighted by atomic mass is 19.1. The highest BCUT2D eigenvalue weighted by Crippen LogP contribution is 2.20. The summed E-state index contributed by atoms with van der Waals surface area (Å²) >= 11 is 0. The maximum absolute atomic E-state index is 12.9. The van der Waals surface area contributed by atoms with Crippen LogP contribution in [0.2, 0.25) is 0 Å². The second kappa shape index (κ2) is 5.30. The standard InChI is InChI=1S/C13H19FN2/c1-11-7-9-15-8-2-10-16(11)13-5-3-12(14)4-6-13/h3-6,11,15H,2,7-10H2,1H3. The Labute approximate surface area is 96.5 Å². The molecule has 0 bridgehead atoms. The van der Waals surface area contributed by atoms with Crippen molar-refractivity contribution in [2.24, 2.45) is 0 Å². The first-order chi connectivity index (χ1) is 7.77. The van der Waals surface area contributed by atoms with E-state index >= 15 is 0 Å². The van der Waals surface area contributed by atoms with E-state index in [2.05, 4.69) is 17.1 Å². The van der Waals surface area contributed by atoms with Crippen LogP contribution >= 0.6 is 0 Å². The van der Waals surface area contributed by atoms with E-state index in [9.17, 15) is 4.39 Å². The van der Waals surface area contributed by atoms with Gasteiger partial charge in [0.15, 0.2) is 0 Å². The van der Waals surface area contributed by atoms with Gasteiger partial charge in [0, 0.05) is 18.3 Å². The van der Waals surface area contributed by atoms with Crippen LogP contribution in [0.15, 0.2) is 24.3 Å². The molecule has 1 unspecified atom stereocenters. The lowest BCUT2D eigenvalue weighted by Crippen LogP contribution is -2.40. The van der Waals surface area contributed by atoms with Crippen LogP contribution in [0.3, 0.4) is 0 Å². The molecular weight excluding hydrogens is 203 g/mol. The Morgan fingerprint density at radius 3 is 2.75 bits per heavy atom. The molecule has 1 aromatic carbocycles. The third kappa shape index (κ3) is 2.73. The highest BCUT2D eigenvalue weighted by molar-refractivity contribution is 5.47. The molecule has 0 aromatic heterocycles. The van der Waals surface area contributed by atoms with Crippen LogP contribution in [0.4, 0.5) is 10.1 Å². The van der Waals surface area contributed by atoms with Gasteiger partial charge in [0.1, 0.15) is 5.82 Å². The first kappa shape index (κ1) is 11.4. The van der Waals surface area contributed by atoms with E-state index in [0.29, 0.717) is 6.04 Å². The summed E-state index contributed by atoms with van der Waals surface area (Å²) in [4.78, 5) is 2.38. The summed E-state index contributed by atoms with van der Waals surface area (Å²) in [5.41, 5.74) is 1.14. The van der Waals surface area contributed by atoms with Crippen molar-refractivity contribution in [2.75, 3.05) is 24.5 Å². The fourth-order valence-corrected chi connectivity index (χ4v) is 2.20. The van der Waals surface area contributed by atoms with E-state index in [4.69, 9.17) is 0 Å². The van der Waals surface area contributed by atoms with E-state index in [1.165, 1.54) is 0 Å². The molecule has 1 aliphatic heterocycles. The molecule has 3 heteroatoms. The lowest BCUT2D eigenvalue weighted by Gasteiger charge is -2.33. The smallest absolute Gasteiger partial charge is 0.123 e. The Hall–Kier alpha value is -1.09. The maximum Gasteiger partial charge on any atom is 0.123 e.